The van der Waals surface area contributed by atoms with Crippen molar-refractivity contribution in [2.45, 2.75) is 37.4 Å². The normalized spacial score (nSPS) is 22.7. The van der Waals surface area contributed by atoms with Crippen LogP contribution in [-0.4, -0.2) is 49.4 Å². The van der Waals surface area contributed by atoms with Gasteiger partial charge in [0.1, 0.15) is 18.1 Å². The van der Waals surface area contributed by atoms with Crippen molar-refractivity contribution in [2.24, 2.45) is 0 Å². The van der Waals surface area contributed by atoms with Gasteiger partial charge >= 0.3 is 7.12 Å². The fourth-order valence-electron chi connectivity index (χ4n) is 4.38. The Bertz CT molecular complexity index is 1110. The molecule has 1 fully saturated rings. The molecule has 0 bridgehead atoms. The Hall–Kier alpha value is -2.55. The first-order chi connectivity index (χ1) is 15.3. The van der Waals surface area contributed by atoms with E-state index in [1.54, 1.807) is 12.1 Å². The SMILES string of the molecule is C/C(=C\c1ccc(O)cc1)CC[C@H]1OB(O)C[C@H]2C1=C(COc1ccccc1)CS2(=O)=O. The third kappa shape index (κ3) is 5.26. The summed E-state index contributed by atoms with van der Waals surface area (Å²) in [5, 5.41) is 18.9. The Labute approximate surface area is 189 Å². The molecule has 1 saturated heterocycles. The predicted octanol–water partition coefficient (Wildman–Crippen LogP) is 3.63. The zero-order valence-electron chi connectivity index (χ0n) is 18.0. The number of rotatable bonds is 7. The monoisotopic (exact) mass is 454 g/mol. The minimum absolute atomic E-state index is 0.0608. The lowest BCUT2D eigenvalue weighted by Crippen LogP contribution is -2.42. The van der Waals surface area contributed by atoms with Gasteiger partial charge in [0.15, 0.2) is 9.84 Å². The predicted molar refractivity (Wildman–Crippen MR) is 125 cm³/mol. The number of ether oxygens (including phenoxy) is 1. The van der Waals surface area contributed by atoms with Crippen molar-refractivity contribution in [1.29, 1.82) is 0 Å². The first-order valence-electron chi connectivity index (χ1n) is 10.7. The summed E-state index contributed by atoms with van der Waals surface area (Å²) >= 11 is 0. The smallest absolute Gasteiger partial charge is 0.456 e. The van der Waals surface area contributed by atoms with E-state index in [1.165, 1.54) is 0 Å². The van der Waals surface area contributed by atoms with Crippen LogP contribution in [0.4, 0.5) is 0 Å². The molecule has 2 aromatic rings. The van der Waals surface area contributed by atoms with Gasteiger partial charge in [-0.1, -0.05) is 42.0 Å². The van der Waals surface area contributed by atoms with E-state index < -0.39 is 28.3 Å². The van der Waals surface area contributed by atoms with E-state index in [0.717, 1.165) is 22.3 Å². The Kier molecular flexibility index (Phi) is 6.74. The molecule has 2 aromatic carbocycles. The molecule has 0 unspecified atom stereocenters. The van der Waals surface area contributed by atoms with Crippen molar-refractivity contribution in [3.8, 4) is 11.5 Å². The van der Waals surface area contributed by atoms with Crippen LogP contribution in [0.1, 0.15) is 25.3 Å². The van der Waals surface area contributed by atoms with E-state index >= 15 is 0 Å². The summed E-state index contributed by atoms with van der Waals surface area (Å²) in [6.07, 6.45) is 2.86. The summed E-state index contributed by atoms with van der Waals surface area (Å²) in [5.41, 5.74) is 3.56. The molecular formula is C24H27BO6S. The summed E-state index contributed by atoms with van der Waals surface area (Å²) in [6.45, 7) is 2.19. The van der Waals surface area contributed by atoms with Crippen molar-refractivity contribution >= 4 is 23.0 Å². The molecule has 32 heavy (non-hydrogen) atoms. The summed E-state index contributed by atoms with van der Waals surface area (Å²) in [4.78, 5) is 0. The van der Waals surface area contributed by atoms with Crippen molar-refractivity contribution in [3.05, 3.63) is 76.9 Å². The van der Waals surface area contributed by atoms with Gasteiger partial charge in [0.05, 0.1) is 17.1 Å². The zero-order chi connectivity index (χ0) is 22.7. The highest BCUT2D eigenvalue weighted by atomic mass is 32.2. The lowest BCUT2D eigenvalue weighted by atomic mass is 9.74. The van der Waals surface area contributed by atoms with E-state index in [-0.39, 0.29) is 24.4 Å². The highest BCUT2D eigenvalue weighted by Gasteiger charge is 2.48. The fourth-order valence-corrected chi connectivity index (χ4v) is 6.48. The summed E-state index contributed by atoms with van der Waals surface area (Å²) in [5.74, 6) is 0.840. The zero-order valence-corrected chi connectivity index (χ0v) is 18.8. The van der Waals surface area contributed by atoms with Crippen LogP contribution >= 0.6 is 0 Å². The second-order valence-corrected chi connectivity index (χ2v) is 10.6. The lowest BCUT2D eigenvalue weighted by molar-refractivity contribution is 0.168. The number of allylic oxidation sites excluding steroid dienone is 1. The van der Waals surface area contributed by atoms with E-state index in [9.17, 15) is 18.5 Å². The molecule has 0 spiro atoms. The Morgan fingerprint density at radius 2 is 1.91 bits per heavy atom. The number of fused-ring (bicyclic) bond motifs is 1. The number of aromatic hydroxyl groups is 1. The van der Waals surface area contributed by atoms with Gasteiger partial charge in [0.2, 0.25) is 0 Å². The van der Waals surface area contributed by atoms with Crippen LogP contribution < -0.4 is 4.74 Å². The Morgan fingerprint density at radius 1 is 1.19 bits per heavy atom. The maximum atomic E-state index is 12.8. The van der Waals surface area contributed by atoms with Gasteiger partial charge in [-0.15, -0.1) is 0 Å². The number of phenols is 1. The number of hydrogen-bond acceptors (Lipinski definition) is 6. The van der Waals surface area contributed by atoms with Crippen molar-refractivity contribution < 1.29 is 27.9 Å². The van der Waals surface area contributed by atoms with Gasteiger partial charge in [0.25, 0.3) is 0 Å². The number of hydrogen-bond donors (Lipinski definition) is 2. The van der Waals surface area contributed by atoms with Crippen LogP contribution in [0.3, 0.4) is 0 Å². The number of phenolic OH excluding ortho intramolecular Hbond substituents is 1. The van der Waals surface area contributed by atoms with Gasteiger partial charge in [-0.25, -0.2) is 8.42 Å². The van der Waals surface area contributed by atoms with Crippen molar-refractivity contribution in [3.63, 3.8) is 0 Å². The molecule has 168 valence electrons. The Morgan fingerprint density at radius 3 is 2.62 bits per heavy atom. The first kappa shape index (κ1) is 22.6. The molecule has 0 aliphatic carbocycles. The average Bonchev–Trinajstić information content (AvgIpc) is 3.03. The number of para-hydroxylation sites is 1. The molecule has 4 rings (SSSR count). The molecule has 0 amide bonds. The van der Waals surface area contributed by atoms with E-state index in [0.29, 0.717) is 18.6 Å². The molecule has 2 N–H and O–H groups in total. The van der Waals surface area contributed by atoms with Crippen LogP contribution in [0, 0.1) is 0 Å². The minimum Gasteiger partial charge on any atom is -0.508 e. The molecule has 8 heteroatoms. The summed E-state index contributed by atoms with van der Waals surface area (Å²) in [6, 6.07) is 16.2. The molecule has 2 heterocycles. The fraction of sp³-hybridized carbons (Fsp3) is 0.333. The highest BCUT2D eigenvalue weighted by Crippen LogP contribution is 2.39. The standard InChI is InChI=1S/C24H27BO6S/c1-17(13-18-8-10-20(26)11-9-18)7-12-22-24-19(15-30-21-5-3-2-4-6-21)16-32(28,29)23(24)14-25(27)31-22/h2-6,8-11,13,22-23,26-27H,7,12,14-16H2,1H3/b17-13+/t22-,23+/m1/s1. The number of benzene rings is 2. The van der Waals surface area contributed by atoms with Crippen LogP contribution in [0.5, 0.6) is 11.5 Å². The van der Waals surface area contributed by atoms with E-state index in [1.807, 2.05) is 55.5 Å². The van der Waals surface area contributed by atoms with E-state index in [2.05, 4.69) is 0 Å². The highest BCUT2D eigenvalue weighted by molar-refractivity contribution is 7.92. The second-order valence-electron chi connectivity index (χ2n) is 8.39. The minimum atomic E-state index is -3.39. The van der Waals surface area contributed by atoms with Crippen LogP contribution in [0.2, 0.25) is 6.32 Å². The first-order valence-corrected chi connectivity index (χ1v) is 12.4. The lowest BCUT2D eigenvalue weighted by Gasteiger charge is -2.32. The summed E-state index contributed by atoms with van der Waals surface area (Å²) < 4.78 is 37.3. The van der Waals surface area contributed by atoms with Gasteiger partial charge < -0.3 is 19.5 Å². The molecule has 2 aliphatic rings. The van der Waals surface area contributed by atoms with Crippen molar-refractivity contribution in [2.75, 3.05) is 12.4 Å². The second kappa shape index (κ2) is 9.52. The Balaban J connectivity index is 1.52. The van der Waals surface area contributed by atoms with E-state index in [4.69, 9.17) is 9.39 Å². The molecule has 0 aromatic heterocycles. The topological polar surface area (TPSA) is 93.1 Å². The molecule has 0 saturated carbocycles. The molecule has 2 aliphatic heterocycles. The summed E-state index contributed by atoms with van der Waals surface area (Å²) in [7, 11) is -4.49. The van der Waals surface area contributed by atoms with Gasteiger partial charge in [0, 0.05) is 6.32 Å². The van der Waals surface area contributed by atoms with Gasteiger partial charge in [-0.05, 0) is 60.7 Å². The molecular weight excluding hydrogens is 427 g/mol. The quantitative estimate of drug-likeness (QED) is 0.491. The van der Waals surface area contributed by atoms with Crippen LogP contribution in [0.25, 0.3) is 6.08 Å². The molecule has 0 radical (unpaired) electrons. The average molecular weight is 454 g/mol. The maximum absolute atomic E-state index is 12.8. The third-order valence-electron chi connectivity index (χ3n) is 5.91. The van der Waals surface area contributed by atoms with Crippen molar-refractivity contribution in [1.82, 2.24) is 0 Å². The van der Waals surface area contributed by atoms with Gasteiger partial charge in [-0.2, -0.15) is 0 Å². The number of sulfone groups is 1. The van der Waals surface area contributed by atoms with Gasteiger partial charge in [-0.3, -0.25) is 0 Å². The van der Waals surface area contributed by atoms with Crippen LogP contribution in [0.15, 0.2) is 71.3 Å². The largest absolute Gasteiger partial charge is 0.508 e. The third-order valence-corrected chi connectivity index (χ3v) is 7.98. The molecule has 2 atom stereocenters. The maximum Gasteiger partial charge on any atom is 0.456 e. The van der Waals surface area contributed by atoms with Crippen LogP contribution in [-0.2, 0) is 14.5 Å². The molecule has 6 nitrogen and oxygen atoms in total.